The van der Waals surface area contributed by atoms with E-state index in [1.165, 1.54) is 0 Å². The molecule has 0 fully saturated rings. The van der Waals surface area contributed by atoms with Crippen molar-refractivity contribution in [3.63, 3.8) is 0 Å². The first-order valence-electron chi connectivity index (χ1n) is 6.63. The fourth-order valence-corrected chi connectivity index (χ4v) is 2.22. The molecule has 0 spiro atoms. The van der Waals surface area contributed by atoms with Gasteiger partial charge in [-0.3, -0.25) is 0 Å². The van der Waals surface area contributed by atoms with E-state index in [2.05, 4.69) is 10.1 Å². The number of ether oxygens (including phenoxy) is 1. The first-order chi connectivity index (χ1) is 10.6. The van der Waals surface area contributed by atoms with E-state index in [1.807, 2.05) is 31.2 Å². The number of hydrogen-bond donors (Lipinski definition) is 0. The van der Waals surface area contributed by atoms with Gasteiger partial charge < -0.3 is 9.26 Å². The van der Waals surface area contributed by atoms with Crippen LogP contribution in [0.4, 0.5) is 0 Å². The largest absolute Gasteiger partial charge is 0.481 e. The second kappa shape index (κ2) is 6.38. The Balaban J connectivity index is 1.76. The van der Waals surface area contributed by atoms with Crippen LogP contribution in [0.15, 0.2) is 53.1 Å². The molecule has 1 aromatic heterocycles. The summed E-state index contributed by atoms with van der Waals surface area (Å²) in [5.41, 5.74) is 0.828. The van der Waals surface area contributed by atoms with E-state index >= 15 is 0 Å². The molecule has 0 N–H and O–H groups in total. The number of nitrogens with zero attached hydrogens (tertiary/aromatic N) is 2. The predicted octanol–water partition coefficient (Wildman–Crippen LogP) is 5.18. The van der Waals surface area contributed by atoms with E-state index < -0.39 is 0 Å². The lowest BCUT2D eigenvalue weighted by Crippen LogP contribution is -2.03. The van der Waals surface area contributed by atoms with Crippen LogP contribution in [0.25, 0.3) is 11.4 Å². The maximum absolute atomic E-state index is 5.93. The SMILES string of the molecule is C[C@H](Oc1cccc(Cl)c1)c1nc(-c2ccc(Cl)cc2)no1. The van der Waals surface area contributed by atoms with Crippen molar-refractivity contribution in [2.24, 2.45) is 0 Å². The molecular weight excluding hydrogens is 323 g/mol. The number of benzene rings is 2. The van der Waals surface area contributed by atoms with Gasteiger partial charge in [0.15, 0.2) is 6.10 Å². The fourth-order valence-electron chi connectivity index (χ4n) is 1.91. The molecule has 0 radical (unpaired) electrons. The highest BCUT2D eigenvalue weighted by Gasteiger charge is 2.17. The summed E-state index contributed by atoms with van der Waals surface area (Å²) in [7, 11) is 0. The van der Waals surface area contributed by atoms with Gasteiger partial charge in [0.05, 0.1) is 0 Å². The Bertz CT molecular complexity index is 772. The molecule has 22 heavy (non-hydrogen) atoms. The molecule has 0 saturated heterocycles. The quantitative estimate of drug-likeness (QED) is 0.659. The molecule has 6 heteroatoms. The van der Waals surface area contributed by atoms with Gasteiger partial charge in [0.1, 0.15) is 5.75 Å². The molecule has 0 bridgehead atoms. The van der Waals surface area contributed by atoms with Crippen LogP contribution in [-0.4, -0.2) is 10.1 Å². The molecule has 4 nitrogen and oxygen atoms in total. The zero-order valence-corrected chi connectivity index (χ0v) is 13.2. The van der Waals surface area contributed by atoms with Crippen molar-refractivity contribution >= 4 is 23.2 Å². The highest BCUT2D eigenvalue weighted by Crippen LogP contribution is 2.25. The zero-order chi connectivity index (χ0) is 15.5. The zero-order valence-electron chi connectivity index (χ0n) is 11.7. The van der Waals surface area contributed by atoms with Crippen LogP contribution >= 0.6 is 23.2 Å². The predicted molar refractivity (Wildman–Crippen MR) is 85.2 cm³/mol. The Labute approximate surface area is 137 Å². The Morgan fingerprint density at radius 3 is 2.55 bits per heavy atom. The first-order valence-corrected chi connectivity index (χ1v) is 7.39. The fraction of sp³-hybridized carbons (Fsp3) is 0.125. The van der Waals surface area contributed by atoms with Gasteiger partial charge in [0.25, 0.3) is 5.89 Å². The summed E-state index contributed by atoms with van der Waals surface area (Å²) in [5, 5.41) is 5.23. The van der Waals surface area contributed by atoms with E-state index in [4.69, 9.17) is 32.5 Å². The highest BCUT2D eigenvalue weighted by molar-refractivity contribution is 6.30. The number of rotatable bonds is 4. The van der Waals surface area contributed by atoms with Crippen LogP contribution in [0.3, 0.4) is 0 Å². The van der Waals surface area contributed by atoms with E-state index in [0.717, 1.165) is 5.56 Å². The first kappa shape index (κ1) is 14.9. The summed E-state index contributed by atoms with van der Waals surface area (Å²) in [6.07, 6.45) is -0.382. The van der Waals surface area contributed by atoms with E-state index in [-0.39, 0.29) is 6.10 Å². The summed E-state index contributed by atoms with van der Waals surface area (Å²) >= 11 is 11.8. The summed E-state index contributed by atoms with van der Waals surface area (Å²) < 4.78 is 11.0. The van der Waals surface area contributed by atoms with E-state index in [1.54, 1.807) is 24.3 Å². The second-order valence-corrected chi connectivity index (χ2v) is 5.55. The van der Waals surface area contributed by atoms with Gasteiger partial charge in [-0.25, -0.2) is 0 Å². The molecule has 3 rings (SSSR count). The van der Waals surface area contributed by atoms with Crippen molar-refractivity contribution in [1.29, 1.82) is 0 Å². The molecular formula is C16H12Cl2N2O2. The third-order valence-corrected chi connectivity index (χ3v) is 3.49. The topological polar surface area (TPSA) is 48.2 Å². The Morgan fingerprint density at radius 2 is 1.82 bits per heavy atom. The second-order valence-electron chi connectivity index (χ2n) is 4.68. The molecule has 3 aromatic rings. The third kappa shape index (κ3) is 3.40. The molecule has 0 aliphatic carbocycles. The van der Waals surface area contributed by atoms with Crippen LogP contribution in [0, 0.1) is 0 Å². The molecule has 0 aliphatic heterocycles. The maximum atomic E-state index is 5.93. The summed E-state index contributed by atoms with van der Waals surface area (Å²) in [4.78, 5) is 4.35. The molecule has 112 valence electrons. The molecule has 0 amide bonds. The average Bonchev–Trinajstić information content (AvgIpc) is 2.98. The van der Waals surface area contributed by atoms with Crippen molar-refractivity contribution in [3.05, 3.63) is 64.5 Å². The standard InChI is InChI=1S/C16H12Cl2N2O2/c1-10(21-14-4-2-3-13(18)9-14)16-19-15(20-22-16)11-5-7-12(17)8-6-11/h2-10H,1H3/t10-/m0/s1. The molecule has 0 unspecified atom stereocenters. The summed E-state index contributed by atoms with van der Waals surface area (Å²) in [5.74, 6) is 1.53. The van der Waals surface area contributed by atoms with Crippen LogP contribution in [0.2, 0.25) is 10.0 Å². The lowest BCUT2D eigenvalue weighted by atomic mass is 10.2. The molecule has 0 aliphatic rings. The van der Waals surface area contributed by atoms with Crippen molar-refractivity contribution in [2.45, 2.75) is 13.0 Å². The van der Waals surface area contributed by atoms with Gasteiger partial charge in [-0.1, -0.05) is 34.4 Å². The van der Waals surface area contributed by atoms with Gasteiger partial charge in [-0.05, 0) is 49.4 Å². The van der Waals surface area contributed by atoms with Crippen LogP contribution in [0.1, 0.15) is 18.9 Å². The minimum atomic E-state index is -0.382. The van der Waals surface area contributed by atoms with Gasteiger partial charge in [-0.2, -0.15) is 4.98 Å². The van der Waals surface area contributed by atoms with Gasteiger partial charge >= 0.3 is 0 Å². The molecule has 1 heterocycles. The van der Waals surface area contributed by atoms with Crippen molar-refractivity contribution < 1.29 is 9.26 Å². The summed E-state index contributed by atoms with van der Waals surface area (Å²) in [6, 6.07) is 14.4. The monoisotopic (exact) mass is 334 g/mol. The van der Waals surface area contributed by atoms with Gasteiger partial charge in [-0.15, -0.1) is 0 Å². The Kier molecular flexibility index (Phi) is 4.32. The average molecular weight is 335 g/mol. The Morgan fingerprint density at radius 1 is 1.05 bits per heavy atom. The molecule has 0 saturated carbocycles. The summed E-state index contributed by atoms with van der Waals surface area (Å²) in [6.45, 7) is 1.83. The van der Waals surface area contributed by atoms with Gasteiger partial charge in [0, 0.05) is 15.6 Å². The lowest BCUT2D eigenvalue weighted by Gasteiger charge is -2.10. The lowest BCUT2D eigenvalue weighted by molar-refractivity contribution is 0.176. The number of halogens is 2. The third-order valence-electron chi connectivity index (χ3n) is 3.00. The van der Waals surface area contributed by atoms with E-state index in [9.17, 15) is 0 Å². The van der Waals surface area contributed by atoms with Crippen molar-refractivity contribution in [1.82, 2.24) is 10.1 Å². The normalized spacial score (nSPS) is 12.1. The smallest absolute Gasteiger partial charge is 0.267 e. The van der Waals surface area contributed by atoms with Crippen molar-refractivity contribution in [2.75, 3.05) is 0 Å². The van der Waals surface area contributed by atoms with Crippen LogP contribution in [0.5, 0.6) is 5.75 Å². The Hall–Kier alpha value is -2.04. The molecule has 2 aromatic carbocycles. The number of aromatic nitrogens is 2. The van der Waals surface area contributed by atoms with Gasteiger partial charge in [0.2, 0.25) is 5.82 Å². The molecule has 1 atom stereocenters. The van der Waals surface area contributed by atoms with E-state index in [0.29, 0.717) is 27.5 Å². The maximum Gasteiger partial charge on any atom is 0.267 e. The number of hydrogen-bond acceptors (Lipinski definition) is 4. The highest BCUT2D eigenvalue weighted by atomic mass is 35.5. The minimum Gasteiger partial charge on any atom is -0.481 e. The minimum absolute atomic E-state index is 0.382. The van der Waals surface area contributed by atoms with Crippen LogP contribution < -0.4 is 4.74 Å². The van der Waals surface area contributed by atoms with Crippen molar-refractivity contribution in [3.8, 4) is 17.1 Å². The van der Waals surface area contributed by atoms with Crippen LogP contribution in [-0.2, 0) is 0 Å².